The van der Waals surface area contributed by atoms with Gasteiger partial charge in [-0.3, -0.25) is 4.99 Å². The van der Waals surface area contributed by atoms with E-state index in [-0.39, 0.29) is 6.04 Å². The van der Waals surface area contributed by atoms with Crippen LogP contribution in [-0.2, 0) is 0 Å². The van der Waals surface area contributed by atoms with Gasteiger partial charge in [0.05, 0.1) is 12.6 Å². The largest absolute Gasteiger partial charge is 0.370 e. The quantitative estimate of drug-likeness (QED) is 0.855. The first kappa shape index (κ1) is 16.3. The molecule has 1 heterocycles. The number of hydrogen-bond donors (Lipinski definition) is 1. The van der Waals surface area contributed by atoms with Gasteiger partial charge in [-0.25, -0.2) is 0 Å². The van der Waals surface area contributed by atoms with Crippen LogP contribution in [0.4, 0.5) is 0 Å². The predicted molar refractivity (Wildman–Crippen MR) is 92.6 cm³/mol. The molecule has 0 fully saturated rings. The van der Waals surface area contributed by atoms with Crippen LogP contribution in [0.2, 0.25) is 0 Å². The first-order valence-corrected chi connectivity index (χ1v) is 8.41. The molecule has 0 aliphatic carbocycles. The van der Waals surface area contributed by atoms with Crippen molar-refractivity contribution < 1.29 is 0 Å². The van der Waals surface area contributed by atoms with Crippen LogP contribution in [0.1, 0.15) is 31.0 Å². The standard InChI is InChI=1S/C16H25BrN4/c1-4-20(5-2)8-9-21-15(11-19-16(21)18)13-7-6-12(3)10-14(13)17/h6-7,10,15H,4-5,8-9,11H2,1-3H3,(H2,18,19). The fourth-order valence-electron chi connectivity index (χ4n) is 2.76. The molecule has 0 amide bonds. The van der Waals surface area contributed by atoms with Crippen molar-refractivity contribution in [3.05, 3.63) is 33.8 Å². The Morgan fingerprint density at radius 1 is 1.38 bits per heavy atom. The van der Waals surface area contributed by atoms with Gasteiger partial charge in [0, 0.05) is 17.6 Å². The van der Waals surface area contributed by atoms with Crippen LogP contribution in [0.15, 0.2) is 27.7 Å². The van der Waals surface area contributed by atoms with Gasteiger partial charge in [-0.15, -0.1) is 0 Å². The molecule has 1 atom stereocenters. The molecule has 5 heteroatoms. The van der Waals surface area contributed by atoms with E-state index in [1.807, 2.05) is 0 Å². The summed E-state index contributed by atoms with van der Waals surface area (Å²) in [5, 5.41) is 0. The Bertz CT molecular complexity index is 511. The summed E-state index contributed by atoms with van der Waals surface area (Å²) in [4.78, 5) is 9.09. The lowest BCUT2D eigenvalue weighted by Crippen LogP contribution is -2.41. The fraction of sp³-hybridized carbons (Fsp3) is 0.562. The van der Waals surface area contributed by atoms with Crippen molar-refractivity contribution >= 4 is 21.9 Å². The van der Waals surface area contributed by atoms with Gasteiger partial charge in [0.2, 0.25) is 0 Å². The Morgan fingerprint density at radius 3 is 2.71 bits per heavy atom. The minimum absolute atomic E-state index is 0.246. The molecule has 0 saturated carbocycles. The normalized spacial score (nSPS) is 18.4. The Morgan fingerprint density at radius 2 is 2.10 bits per heavy atom. The van der Waals surface area contributed by atoms with Crippen LogP contribution < -0.4 is 5.73 Å². The molecule has 1 aromatic carbocycles. The molecule has 2 rings (SSSR count). The number of halogens is 1. The Hall–Kier alpha value is -1.07. The first-order chi connectivity index (χ1) is 10.1. The molecule has 0 spiro atoms. The van der Waals surface area contributed by atoms with Gasteiger partial charge in [-0.1, -0.05) is 41.9 Å². The van der Waals surface area contributed by atoms with Crippen LogP contribution in [0.5, 0.6) is 0 Å². The number of nitrogens with two attached hydrogens (primary N) is 1. The number of likely N-dealkylation sites (N-methyl/N-ethyl adjacent to an activating group) is 1. The molecule has 2 N–H and O–H groups in total. The minimum Gasteiger partial charge on any atom is -0.370 e. The van der Waals surface area contributed by atoms with Gasteiger partial charge in [-0.05, 0) is 37.2 Å². The van der Waals surface area contributed by atoms with E-state index in [2.05, 4.69) is 69.7 Å². The average Bonchev–Trinajstić information content (AvgIpc) is 2.81. The zero-order valence-electron chi connectivity index (χ0n) is 13.1. The van der Waals surface area contributed by atoms with E-state index in [0.29, 0.717) is 5.96 Å². The molecule has 1 unspecified atom stereocenters. The van der Waals surface area contributed by atoms with Crippen LogP contribution >= 0.6 is 15.9 Å². The SMILES string of the molecule is CCN(CC)CCN1C(N)=NCC1c1ccc(C)cc1Br. The van der Waals surface area contributed by atoms with Crippen molar-refractivity contribution in [1.29, 1.82) is 0 Å². The average molecular weight is 353 g/mol. The molecule has 0 aromatic heterocycles. The number of aliphatic imine (C=N–C) groups is 1. The van der Waals surface area contributed by atoms with Gasteiger partial charge in [0.1, 0.15) is 0 Å². The fourth-order valence-corrected chi connectivity index (χ4v) is 3.51. The molecule has 116 valence electrons. The molecule has 0 saturated heterocycles. The molecule has 0 radical (unpaired) electrons. The summed E-state index contributed by atoms with van der Waals surface area (Å²) >= 11 is 3.68. The van der Waals surface area contributed by atoms with Crippen LogP contribution in [0.25, 0.3) is 0 Å². The number of guanidine groups is 1. The third-order valence-electron chi connectivity index (χ3n) is 4.16. The minimum atomic E-state index is 0.246. The van der Waals surface area contributed by atoms with Gasteiger partial charge in [-0.2, -0.15) is 0 Å². The van der Waals surface area contributed by atoms with Crippen molar-refractivity contribution in [2.24, 2.45) is 10.7 Å². The number of benzene rings is 1. The highest BCUT2D eigenvalue weighted by molar-refractivity contribution is 9.10. The number of aryl methyl sites for hydroxylation is 1. The molecule has 21 heavy (non-hydrogen) atoms. The third kappa shape index (κ3) is 3.77. The van der Waals surface area contributed by atoms with Crippen LogP contribution in [0, 0.1) is 6.92 Å². The van der Waals surface area contributed by atoms with Crippen molar-refractivity contribution in [3.8, 4) is 0 Å². The monoisotopic (exact) mass is 352 g/mol. The topological polar surface area (TPSA) is 44.9 Å². The van der Waals surface area contributed by atoms with Crippen molar-refractivity contribution in [2.45, 2.75) is 26.8 Å². The zero-order chi connectivity index (χ0) is 15.4. The summed E-state index contributed by atoms with van der Waals surface area (Å²) in [7, 11) is 0. The number of nitrogens with zero attached hydrogens (tertiary/aromatic N) is 3. The molecular weight excluding hydrogens is 328 g/mol. The van der Waals surface area contributed by atoms with E-state index in [1.54, 1.807) is 0 Å². The number of hydrogen-bond acceptors (Lipinski definition) is 4. The molecular formula is C16H25BrN4. The van der Waals surface area contributed by atoms with E-state index in [1.165, 1.54) is 11.1 Å². The Kier molecular flexibility index (Phi) is 5.65. The highest BCUT2D eigenvalue weighted by Crippen LogP contribution is 2.31. The maximum atomic E-state index is 6.10. The highest BCUT2D eigenvalue weighted by Gasteiger charge is 2.28. The van der Waals surface area contributed by atoms with Crippen molar-refractivity contribution in [1.82, 2.24) is 9.80 Å². The van der Waals surface area contributed by atoms with Gasteiger partial charge in [0.25, 0.3) is 0 Å². The summed E-state index contributed by atoms with van der Waals surface area (Å²) in [6.07, 6.45) is 0. The molecule has 4 nitrogen and oxygen atoms in total. The maximum absolute atomic E-state index is 6.10. The Balaban J connectivity index is 2.12. The second-order valence-corrected chi connectivity index (χ2v) is 6.31. The summed E-state index contributed by atoms with van der Waals surface area (Å²) in [6.45, 7) is 11.3. The molecule has 1 aliphatic heterocycles. The van der Waals surface area contributed by atoms with Crippen LogP contribution in [0.3, 0.4) is 0 Å². The summed E-state index contributed by atoms with van der Waals surface area (Å²) in [5.74, 6) is 0.666. The summed E-state index contributed by atoms with van der Waals surface area (Å²) < 4.78 is 1.14. The summed E-state index contributed by atoms with van der Waals surface area (Å²) in [5.41, 5.74) is 8.62. The maximum Gasteiger partial charge on any atom is 0.191 e. The van der Waals surface area contributed by atoms with E-state index in [0.717, 1.165) is 37.2 Å². The van der Waals surface area contributed by atoms with E-state index < -0.39 is 0 Å². The Labute approximate surface area is 136 Å². The molecule has 0 bridgehead atoms. The van der Waals surface area contributed by atoms with E-state index in [4.69, 9.17) is 5.73 Å². The lowest BCUT2D eigenvalue weighted by molar-refractivity contribution is 0.248. The van der Waals surface area contributed by atoms with Crippen molar-refractivity contribution in [3.63, 3.8) is 0 Å². The highest BCUT2D eigenvalue weighted by atomic mass is 79.9. The second-order valence-electron chi connectivity index (χ2n) is 5.46. The zero-order valence-corrected chi connectivity index (χ0v) is 14.7. The lowest BCUT2D eigenvalue weighted by Gasteiger charge is -2.30. The van der Waals surface area contributed by atoms with E-state index in [9.17, 15) is 0 Å². The van der Waals surface area contributed by atoms with Gasteiger partial charge >= 0.3 is 0 Å². The third-order valence-corrected chi connectivity index (χ3v) is 4.85. The molecule has 1 aliphatic rings. The lowest BCUT2D eigenvalue weighted by atomic mass is 10.0. The smallest absolute Gasteiger partial charge is 0.191 e. The molecule has 1 aromatic rings. The van der Waals surface area contributed by atoms with Gasteiger partial charge < -0.3 is 15.5 Å². The second kappa shape index (κ2) is 7.27. The van der Waals surface area contributed by atoms with Crippen molar-refractivity contribution in [2.75, 3.05) is 32.7 Å². The van der Waals surface area contributed by atoms with E-state index >= 15 is 0 Å². The first-order valence-electron chi connectivity index (χ1n) is 7.61. The number of rotatable bonds is 6. The predicted octanol–water partition coefficient (Wildman–Crippen LogP) is 2.77. The van der Waals surface area contributed by atoms with Gasteiger partial charge in [0.15, 0.2) is 5.96 Å². The summed E-state index contributed by atoms with van der Waals surface area (Å²) in [6, 6.07) is 6.74. The van der Waals surface area contributed by atoms with Crippen LogP contribution in [-0.4, -0.2) is 48.5 Å².